The van der Waals surface area contributed by atoms with Gasteiger partial charge in [-0.05, 0) is 37.3 Å². The van der Waals surface area contributed by atoms with E-state index < -0.39 is 0 Å². The smallest absolute Gasteiger partial charge is 0.262 e. The topological polar surface area (TPSA) is 81.2 Å². The predicted molar refractivity (Wildman–Crippen MR) is 82.2 cm³/mol. The van der Waals surface area contributed by atoms with Crippen LogP contribution in [0.5, 0.6) is 0 Å². The molecule has 21 heavy (non-hydrogen) atoms. The van der Waals surface area contributed by atoms with E-state index in [1.54, 1.807) is 6.07 Å². The average Bonchev–Trinajstić information content (AvgIpc) is 3.08. The van der Waals surface area contributed by atoms with Crippen molar-refractivity contribution in [2.24, 2.45) is 11.7 Å². The Morgan fingerprint density at radius 1 is 1.57 bits per heavy atom. The first kappa shape index (κ1) is 14.2. The van der Waals surface area contributed by atoms with E-state index in [0.717, 1.165) is 6.42 Å². The maximum absolute atomic E-state index is 12.4. The lowest BCUT2D eigenvalue weighted by Gasteiger charge is -2.21. The number of rotatable bonds is 3. The zero-order valence-corrected chi connectivity index (χ0v) is 12.7. The van der Waals surface area contributed by atoms with Gasteiger partial charge in [0.15, 0.2) is 0 Å². The first-order valence-electron chi connectivity index (χ1n) is 7.02. The van der Waals surface area contributed by atoms with Crippen LogP contribution in [-0.4, -0.2) is 39.5 Å². The Labute approximate surface area is 126 Å². The maximum atomic E-state index is 12.4. The second-order valence-corrected chi connectivity index (χ2v) is 6.44. The van der Waals surface area contributed by atoms with Crippen LogP contribution in [-0.2, 0) is 11.3 Å². The van der Waals surface area contributed by atoms with Gasteiger partial charge in [-0.25, -0.2) is 4.98 Å². The Kier molecular flexibility index (Phi) is 3.77. The fourth-order valence-electron chi connectivity index (χ4n) is 2.90. The zero-order chi connectivity index (χ0) is 15.0. The van der Waals surface area contributed by atoms with E-state index in [1.165, 1.54) is 22.2 Å². The third-order valence-corrected chi connectivity index (χ3v) is 4.89. The standard InChI is InChI=1S/C14H18N4O2S/c1-9-4-10(5-15)6-18(9)12(19)7-17-8-16-13-11(14(17)20)2-3-21-13/h2-3,8-10H,4-7,15H2,1H3. The lowest BCUT2D eigenvalue weighted by molar-refractivity contribution is -0.132. The first-order valence-corrected chi connectivity index (χ1v) is 7.90. The van der Waals surface area contributed by atoms with E-state index >= 15 is 0 Å². The molecule has 2 aromatic rings. The highest BCUT2D eigenvalue weighted by atomic mass is 32.1. The molecule has 112 valence electrons. The minimum atomic E-state index is -0.156. The number of thiophene rings is 1. The van der Waals surface area contributed by atoms with Crippen LogP contribution in [0.2, 0.25) is 0 Å². The van der Waals surface area contributed by atoms with Gasteiger partial charge in [0, 0.05) is 12.6 Å². The van der Waals surface area contributed by atoms with Crippen molar-refractivity contribution in [1.29, 1.82) is 0 Å². The van der Waals surface area contributed by atoms with Gasteiger partial charge >= 0.3 is 0 Å². The molecule has 1 fully saturated rings. The minimum Gasteiger partial charge on any atom is -0.338 e. The second-order valence-electron chi connectivity index (χ2n) is 5.55. The van der Waals surface area contributed by atoms with Crippen molar-refractivity contribution in [3.05, 3.63) is 28.1 Å². The fourth-order valence-corrected chi connectivity index (χ4v) is 3.63. The Bertz CT molecular complexity index is 723. The molecule has 2 atom stereocenters. The third-order valence-electron chi connectivity index (χ3n) is 4.07. The molecule has 0 spiro atoms. The van der Waals surface area contributed by atoms with Crippen LogP contribution in [0.3, 0.4) is 0 Å². The molecule has 3 rings (SSSR count). The van der Waals surface area contributed by atoms with Gasteiger partial charge in [-0.3, -0.25) is 14.2 Å². The number of nitrogens with zero attached hydrogens (tertiary/aromatic N) is 3. The summed E-state index contributed by atoms with van der Waals surface area (Å²) < 4.78 is 1.39. The molecule has 1 amide bonds. The molecule has 6 nitrogen and oxygen atoms in total. The van der Waals surface area contributed by atoms with Crippen molar-refractivity contribution in [3.63, 3.8) is 0 Å². The van der Waals surface area contributed by atoms with Crippen LogP contribution >= 0.6 is 11.3 Å². The summed E-state index contributed by atoms with van der Waals surface area (Å²) in [5.41, 5.74) is 5.53. The van der Waals surface area contributed by atoms with Gasteiger partial charge in [-0.1, -0.05) is 0 Å². The maximum Gasteiger partial charge on any atom is 0.262 e. The monoisotopic (exact) mass is 306 g/mol. The van der Waals surface area contributed by atoms with E-state index in [0.29, 0.717) is 29.2 Å². The van der Waals surface area contributed by atoms with Crippen molar-refractivity contribution in [1.82, 2.24) is 14.5 Å². The van der Waals surface area contributed by atoms with Crippen LogP contribution < -0.4 is 11.3 Å². The quantitative estimate of drug-likeness (QED) is 0.903. The van der Waals surface area contributed by atoms with Gasteiger partial charge in [0.25, 0.3) is 5.56 Å². The summed E-state index contributed by atoms with van der Waals surface area (Å²) in [6, 6.07) is 1.93. The number of carbonyl (C=O) groups is 1. The lowest BCUT2D eigenvalue weighted by atomic mass is 10.1. The summed E-state index contributed by atoms with van der Waals surface area (Å²) >= 11 is 1.42. The van der Waals surface area contributed by atoms with E-state index in [4.69, 9.17) is 5.73 Å². The highest BCUT2D eigenvalue weighted by Crippen LogP contribution is 2.22. The van der Waals surface area contributed by atoms with Gasteiger partial charge in [0.05, 0.1) is 11.7 Å². The Morgan fingerprint density at radius 3 is 3.10 bits per heavy atom. The highest BCUT2D eigenvalue weighted by Gasteiger charge is 2.31. The van der Waals surface area contributed by atoms with Crippen LogP contribution in [0.1, 0.15) is 13.3 Å². The molecule has 2 N–H and O–H groups in total. The summed E-state index contributed by atoms with van der Waals surface area (Å²) in [6.07, 6.45) is 2.39. The van der Waals surface area contributed by atoms with Crippen molar-refractivity contribution < 1.29 is 4.79 Å². The van der Waals surface area contributed by atoms with E-state index in [9.17, 15) is 9.59 Å². The number of hydrogen-bond donors (Lipinski definition) is 1. The number of nitrogens with two attached hydrogens (primary N) is 1. The minimum absolute atomic E-state index is 0.0409. The highest BCUT2D eigenvalue weighted by molar-refractivity contribution is 7.16. The number of amides is 1. The Morgan fingerprint density at radius 2 is 2.38 bits per heavy atom. The van der Waals surface area contributed by atoms with Crippen molar-refractivity contribution in [3.8, 4) is 0 Å². The molecular formula is C14H18N4O2S. The van der Waals surface area contributed by atoms with Gasteiger partial charge in [0.1, 0.15) is 11.4 Å². The van der Waals surface area contributed by atoms with E-state index in [1.807, 2.05) is 17.2 Å². The first-order chi connectivity index (χ1) is 10.1. The number of fused-ring (bicyclic) bond motifs is 1. The average molecular weight is 306 g/mol. The van der Waals surface area contributed by atoms with E-state index in [-0.39, 0.29) is 24.1 Å². The predicted octanol–water partition coefficient (Wildman–Crippen LogP) is 0.654. The van der Waals surface area contributed by atoms with Crippen molar-refractivity contribution in [2.75, 3.05) is 13.1 Å². The number of hydrogen-bond acceptors (Lipinski definition) is 5. The molecule has 3 heterocycles. The fraction of sp³-hybridized carbons (Fsp3) is 0.500. The van der Waals surface area contributed by atoms with Gasteiger partial charge in [-0.15, -0.1) is 11.3 Å². The van der Waals surface area contributed by atoms with Gasteiger partial charge in [-0.2, -0.15) is 0 Å². The summed E-state index contributed by atoms with van der Waals surface area (Å²) in [6.45, 7) is 3.34. The largest absolute Gasteiger partial charge is 0.338 e. The molecule has 1 aliphatic heterocycles. The molecule has 0 aromatic carbocycles. The molecule has 2 aromatic heterocycles. The molecule has 1 aliphatic rings. The van der Waals surface area contributed by atoms with E-state index in [2.05, 4.69) is 4.98 Å². The molecular weight excluding hydrogens is 288 g/mol. The second kappa shape index (κ2) is 5.57. The molecule has 7 heteroatoms. The summed E-state index contributed by atoms with van der Waals surface area (Å²) in [4.78, 5) is 31.4. The van der Waals surface area contributed by atoms with Crippen molar-refractivity contribution >= 4 is 27.5 Å². The van der Waals surface area contributed by atoms with Crippen molar-refractivity contribution in [2.45, 2.75) is 25.9 Å². The molecule has 1 saturated heterocycles. The summed E-state index contributed by atoms with van der Waals surface area (Å²) in [5, 5.41) is 2.41. The molecule has 0 aliphatic carbocycles. The molecule has 0 bridgehead atoms. The summed E-state index contributed by atoms with van der Waals surface area (Å²) in [7, 11) is 0. The zero-order valence-electron chi connectivity index (χ0n) is 11.9. The Balaban J connectivity index is 1.80. The Hall–Kier alpha value is -1.73. The number of carbonyl (C=O) groups excluding carboxylic acids is 1. The summed E-state index contributed by atoms with van der Waals surface area (Å²) in [5.74, 6) is 0.315. The normalized spacial score (nSPS) is 22.1. The SMILES string of the molecule is CC1CC(CN)CN1C(=O)Cn1cnc2sccc2c1=O. The molecule has 0 radical (unpaired) electrons. The number of aromatic nitrogens is 2. The van der Waals surface area contributed by atoms with Crippen LogP contribution in [0, 0.1) is 5.92 Å². The third kappa shape index (κ3) is 2.58. The van der Waals surface area contributed by atoms with Crippen LogP contribution in [0.25, 0.3) is 10.2 Å². The number of likely N-dealkylation sites (tertiary alicyclic amines) is 1. The molecule has 0 saturated carbocycles. The van der Waals surface area contributed by atoms with Gasteiger partial charge in [0.2, 0.25) is 5.91 Å². The van der Waals surface area contributed by atoms with Gasteiger partial charge < -0.3 is 10.6 Å². The lowest BCUT2D eigenvalue weighted by Crippen LogP contribution is -2.38. The molecule has 2 unspecified atom stereocenters. The van der Waals surface area contributed by atoms with Crippen LogP contribution in [0.15, 0.2) is 22.6 Å². The van der Waals surface area contributed by atoms with Crippen LogP contribution in [0.4, 0.5) is 0 Å².